The maximum absolute atomic E-state index is 5.09. The van der Waals surface area contributed by atoms with Crippen LogP contribution in [0.2, 0.25) is 0 Å². The molecule has 0 spiro atoms. The van der Waals surface area contributed by atoms with Gasteiger partial charge in [-0.15, -0.1) is 0 Å². The van der Waals surface area contributed by atoms with E-state index in [1.54, 1.807) is 7.11 Å². The molecule has 0 aliphatic carbocycles. The molecule has 6 heteroatoms. The van der Waals surface area contributed by atoms with E-state index in [1.807, 2.05) is 7.05 Å². The van der Waals surface area contributed by atoms with E-state index >= 15 is 0 Å². The number of methoxy groups -OCH3 is 1. The number of para-hydroxylation sites is 1. The number of nitrogens with one attached hydrogen (secondary N) is 2. The summed E-state index contributed by atoms with van der Waals surface area (Å²) in [6, 6.07) is 10.6. The predicted molar refractivity (Wildman–Crippen MR) is 112 cm³/mol. The number of rotatable bonds is 13. The molecule has 0 aliphatic rings. The molecule has 0 fully saturated rings. The van der Waals surface area contributed by atoms with Crippen LogP contribution >= 0.6 is 0 Å². The number of nitrogens with zero attached hydrogens (tertiary/aromatic N) is 3. The summed E-state index contributed by atoms with van der Waals surface area (Å²) in [5.74, 6) is 0.873. The molecular formula is C20H37N5O. The number of anilines is 1. The summed E-state index contributed by atoms with van der Waals surface area (Å²) in [5, 5.41) is 6.78. The molecule has 0 amide bonds. The molecule has 0 radical (unpaired) electrons. The third-order valence-electron chi connectivity index (χ3n) is 4.30. The Hall–Kier alpha value is -1.79. The Labute approximate surface area is 159 Å². The van der Waals surface area contributed by atoms with Crippen LogP contribution in [0, 0.1) is 0 Å². The first-order valence-corrected chi connectivity index (χ1v) is 9.63. The van der Waals surface area contributed by atoms with Crippen LogP contribution in [0.3, 0.4) is 0 Å². The van der Waals surface area contributed by atoms with E-state index in [9.17, 15) is 0 Å². The maximum atomic E-state index is 5.09. The normalized spacial score (nSPS) is 11.7. The van der Waals surface area contributed by atoms with Crippen molar-refractivity contribution in [3.05, 3.63) is 30.3 Å². The number of benzene rings is 1. The smallest absolute Gasteiger partial charge is 0.191 e. The Morgan fingerprint density at radius 2 is 1.77 bits per heavy atom. The van der Waals surface area contributed by atoms with Gasteiger partial charge in [0.1, 0.15) is 0 Å². The molecular weight excluding hydrogens is 326 g/mol. The summed E-state index contributed by atoms with van der Waals surface area (Å²) < 4.78 is 5.09. The van der Waals surface area contributed by atoms with Crippen LogP contribution in [0.25, 0.3) is 0 Å². The second-order valence-electron chi connectivity index (χ2n) is 6.34. The highest BCUT2D eigenvalue weighted by Gasteiger charge is 2.04. The van der Waals surface area contributed by atoms with Gasteiger partial charge in [-0.3, -0.25) is 4.99 Å². The fourth-order valence-electron chi connectivity index (χ4n) is 2.76. The van der Waals surface area contributed by atoms with Crippen molar-refractivity contribution in [2.24, 2.45) is 4.99 Å². The van der Waals surface area contributed by atoms with Crippen LogP contribution in [0.15, 0.2) is 35.3 Å². The Bertz CT molecular complexity index is 480. The fraction of sp³-hybridized carbons (Fsp3) is 0.650. The zero-order valence-electron chi connectivity index (χ0n) is 17.0. The average molecular weight is 364 g/mol. The molecule has 0 unspecified atom stereocenters. The Kier molecular flexibility index (Phi) is 12.3. The topological polar surface area (TPSA) is 52.1 Å². The molecule has 2 N–H and O–H groups in total. The number of hydrogen-bond donors (Lipinski definition) is 2. The van der Waals surface area contributed by atoms with Gasteiger partial charge in [-0.05, 0) is 38.9 Å². The van der Waals surface area contributed by atoms with Crippen molar-refractivity contribution < 1.29 is 4.74 Å². The number of hydrogen-bond acceptors (Lipinski definition) is 4. The summed E-state index contributed by atoms with van der Waals surface area (Å²) in [6.45, 7) is 8.90. The molecule has 1 aromatic carbocycles. The van der Waals surface area contributed by atoms with Crippen molar-refractivity contribution in [1.29, 1.82) is 0 Å². The number of likely N-dealkylation sites (N-methyl/N-ethyl adjacent to an activating group) is 1. The van der Waals surface area contributed by atoms with Crippen LogP contribution in [0.1, 0.15) is 19.8 Å². The van der Waals surface area contributed by atoms with Crippen molar-refractivity contribution >= 4 is 11.6 Å². The van der Waals surface area contributed by atoms with E-state index in [1.165, 1.54) is 5.69 Å². The van der Waals surface area contributed by atoms with Crippen LogP contribution in [0.4, 0.5) is 5.69 Å². The van der Waals surface area contributed by atoms with Gasteiger partial charge >= 0.3 is 0 Å². The third kappa shape index (κ3) is 9.63. The van der Waals surface area contributed by atoms with E-state index < -0.39 is 0 Å². The van der Waals surface area contributed by atoms with E-state index in [4.69, 9.17) is 4.74 Å². The lowest BCUT2D eigenvalue weighted by Gasteiger charge is -2.23. The predicted octanol–water partition coefficient (Wildman–Crippen LogP) is 2.04. The van der Waals surface area contributed by atoms with Crippen LogP contribution in [0.5, 0.6) is 0 Å². The first-order valence-electron chi connectivity index (χ1n) is 9.63. The largest absolute Gasteiger partial charge is 0.385 e. The number of ether oxygens (including phenoxy) is 1. The molecule has 0 atom stereocenters. The van der Waals surface area contributed by atoms with Crippen molar-refractivity contribution in [3.8, 4) is 0 Å². The second-order valence-corrected chi connectivity index (χ2v) is 6.34. The van der Waals surface area contributed by atoms with Gasteiger partial charge in [-0.1, -0.05) is 18.2 Å². The van der Waals surface area contributed by atoms with E-state index in [0.29, 0.717) is 0 Å². The highest BCUT2D eigenvalue weighted by Crippen LogP contribution is 2.12. The van der Waals surface area contributed by atoms with Crippen LogP contribution < -0.4 is 15.5 Å². The van der Waals surface area contributed by atoms with Crippen molar-refractivity contribution in [2.75, 3.05) is 72.0 Å². The van der Waals surface area contributed by atoms with E-state index in [2.05, 4.69) is 69.7 Å². The standard InChI is InChI=1S/C20H37N5O/c1-5-25(19-11-7-6-8-12-19)16-9-13-22-20(21-2)23-14-17-24(3)15-10-18-26-4/h6-8,11-12H,5,9-10,13-18H2,1-4H3,(H2,21,22,23). The monoisotopic (exact) mass is 363 g/mol. The molecule has 0 aromatic heterocycles. The quantitative estimate of drug-likeness (QED) is 0.319. The Morgan fingerprint density at radius 1 is 1.04 bits per heavy atom. The molecule has 0 bridgehead atoms. The van der Waals surface area contributed by atoms with E-state index in [-0.39, 0.29) is 0 Å². The van der Waals surface area contributed by atoms with Crippen LogP contribution in [-0.2, 0) is 4.74 Å². The minimum Gasteiger partial charge on any atom is -0.385 e. The highest BCUT2D eigenvalue weighted by atomic mass is 16.5. The van der Waals surface area contributed by atoms with Gasteiger partial charge in [0, 0.05) is 65.7 Å². The lowest BCUT2D eigenvalue weighted by molar-refractivity contribution is 0.180. The second kappa shape index (κ2) is 14.4. The summed E-state index contributed by atoms with van der Waals surface area (Å²) in [4.78, 5) is 9.00. The Balaban J connectivity index is 2.18. The molecule has 1 rings (SSSR count). The van der Waals surface area contributed by atoms with E-state index in [0.717, 1.165) is 64.7 Å². The molecule has 148 valence electrons. The van der Waals surface area contributed by atoms with Gasteiger partial charge in [0.25, 0.3) is 0 Å². The fourth-order valence-corrected chi connectivity index (χ4v) is 2.76. The minimum atomic E-state index is 0.818. The first-order chi connectivity index (χ1) is 12.7. The molecule has 6 nitrogen and oxygen atoms in total. The van der Waals surface area contributed by atoms with Gasteiger partial charge in [-0.2, -0.15) is 0 Å². The molecule has 0 heterocycles. The maximum Gasteiger partial charge on any atom is 0.191 e. The lowest BCUT2D eigenvalue weighted by Crippen LogP contribution is -2.42. The highest BCUT2D eigenvalue weighted by molar-refractivity contribution is 5.79. The van der Waals surface area contributed by atoms with Crippen molar-refractivity contribution in [3.63, 3.8) is 0 Å². The average Bonchev–Trinajstić information content (AvgIpc) is 2.67. The molecule has 0 aliphatic heterocycles. The first kappa shape index (κ1) is 22.3. The van der Waals surface area contributed by atoms with Crippen molar-refractivity contribution in [1.82, 2.24) is 15.5 Å². The Morgan fingerprint density at radius 3 is 2.42 bits per heavy atom. The summed E-state index contributed by atoms with van der Waals surface area (Å²) in [6.07, 6.45) is 2.13. The number of aliphatic imine (C=N–C) groups is 1. The molecule has 0 saturated heterocycles. The molecule has 0 saturated carbocycles. The third-order valence-corrected chi connectivity index (χ3v) is 4.30. The van der Waals surface area contributed by atoms with Crippen molar-refractivity contribution in [2.45, 2.75) is 19.8 Å². The van der Waals surface area contributed by atoms with Gasteiger partial charge in [0.15, 0.2) is 5.96 Å². The molecule has 1 aromatic rings. The summed E-state index contributed by atoms with van der Waals surface area (Å²) in [5.41, 5.74) is 1.29. The minimum absolute atomic E-state index is 0.818. The summed E-state index contributed by atoms with van der Waals surface area (Å²) >= 11 is 0. The van der Waals surface area contributed by atoms with Gasteiger partial charge in [-0.25, -0.2) is 0 Å². The summed E-state index contributed by atoms with van der Waals surface area (Å²) in [7, 11) is 5.70. The zero-order chi connectivity index (χ0) is 19.0. The SMILES string of the molecule is CCN(CCCNC(=NC)NCCN(C)CCCOC)c1ccccc1. The van der Waals surface area contributed by atoms with Gasteiger partial charge < -0.3 is 25.2 Å². The zero-order valence-corrected chi connectivity index (χ0v) is 17.0. The number of guanidine groups is 1. The molecule has 26 heavy (non-hydrogen) atoms. The van der Waals surface area contributed by atoms with Crippen LogP contribution in [-0.4, -0.2) is 77.9 Å². The lowest BCUT2D eigenvalue weighted by atomic mass is 10.2. The van der Waals surface area contributed by atoms with Gasteiger partial charge in [0.2, 0.25) is 0 Å². The van der Waals surface area contributed by atoms with Gasteiger partial charge in [0.05, 0.1) is 0 Å².